The number of rotatable bonds is 4. The van der Waals surface area contributed by atoms with Gasteiger partial charge in [-0.1, -0.05) is 60.7 Å². The lowest BCUT2D eigenvalue weighted by Gasteiger charge is -2.40. The van der Waals surface area contributed by atoms with E-state index in [-0.39, 0.29) is 6.09 Å². The molecule has 27 heavy (non-hydrogen) atoms. The van der Waals surface area contributed by atoms with Crippen LogP contribution < -0.4 is 0 Å². The quantitative estimate of drug-likeness (QED) is 0.769. The lowest BCUT2D eigenvalue weighted by atomic mass is 9.86. The third kappa shape index (κ3) is 5.36. The highest BCUT2D eigenvalue weighted by Crippen LogP contribution is 2.29. The predicted octanol–water partition coefficient (Wildman–Crippen LogP) is 4.95. The van der Waals surface area contributed by atoms with Crippen molar-refractivity contribution in [1.29, 1.82) is 0 Å². The number of carbonyl (C=O) groups excluding carboxylic acids is 1. The Hall–Kier alpha value is -2.75. The first kappa shape index (κ1) is 19.0. The summed E-state index contributed by atoms with van der Waals surface area (Å²) in [5, 5.41) is 0. The van der Waals surface area contributed by atoms with Gasteiger partial charge in [-0.15, -0.1) is 0 Å². The Kier molecular flexibility index (Phi) is 5.54. The summed E-state index contributed by atoms with van der Waals surface area (Å²) in [5.41, 5.74) is 1.26. The molecule has 0 atom stereocenters. The summed E-state index contributed by atoms with van der Waals surface area (Å²) in [7, 11) is 0. The van der Waals surface area contributed by atoms with Crippen molar-refractivity contribution in [3.8, 4) is 0 Å². The van der Waals surface area contributed by atoms with Crippen LogP contribution in [0.15, 0.2) is 73.1 Å². The van der Waals surface area contributed by atoms with Crippen molar-refractivity contribution < 1.29 is 14.3 Å². The van der Waals surface area contributed by atoms with E-state index in [0.717, 1.165) is 0 Å². The highest BCUT2D eigenvalue weighted by atomic mass is 16.6. The average molecular weight is 365 g/mol. The largest absolute Gasteiger partial charge is 0.491 e. The Morgan fingerprint density at radius 1 is 1.00 bits per heavy atom. The van der Waals surface area contributed by atoms with Gasteiger partial charge < -0.3 is 9.47 Å². The van der Waals surface area contributed by atoms with Gasteiger partial charge in [0.25, 0.3) is 0 Å². The van der Waals surface area contributed by atoms with E-state index in [1.54, 1.807) is 17.4 Å². The molecule has 1 aliphatic rings. The number of ether oxygens (including phenoxy) is 2. The number of nitrogens with zero attached hydrogens (tertiary/aromatic N) is 1. The van der Waals surface area contributed by atoms with Crippen LogP contribution >= 0.6 is 0 Å². The van der Waals surface area contributed by atoms with E-state index < -0.39 is 11.2 Å². The summed E-state index contributed by atoms with van der Waals surface area (Å²) in [6, 6.07) is 20.5. The van der Waals surface area contributed by atoms with Gasteiger partial charge in [-0.3, -0.25) is 4.90 Å². The summed E-state index contributed by atoms with van der Waals surface area (Å²) < 4.78 is 11.7. The van der Waals surface area contributed by atoms with E-state index in [2.05, 4.69) is 24.3 Å². The lowest BCUT2D eigenvalue weighted by molar-refractivity contribution is -0.0316. The zero-order chi connectivity index (χ0) is 19.3. The summed E-state index contributed by atoms with van der Waals surface area (Å²) in [6.07, 6.45) is 4.31. The minimum absolute atomic E-state index is 0.354. The number of amides is 1. The molecule has 0 N–H and O–H groups in total. The van der Waals surface area contributed by atoms with Crippen LogP contribution in [-0.4, -0.2) is 28.7 Å². The van der Waals surface area contributed by atoms with Gasteiger partial charge in [0.2, 0.25) is 0 Å². The van der Waals surface area contributed by atoms with Crippen molar-refractivity contribution in [2.75, 3.05) is 6.54 Å². The molecule has 0 radical (unpaired) electrons. The van der Waals surface area contributed by atoms with E-state index in [0.29, 0.717) is 19.4 Å². The SMILES string of the molecule is CC(C)(C)OC(=O)N1C=COC(Cc2ccccc2)(Cc2ccccc2)C1. The molecule has 0 aliphatic carbocycles. The molecule has 2 aromatic carbocycles. The predicted molar refractivity (Wildman–Crippen MR) is 106 cm³/mol. The third-order valence-corrected chi connectivity index (χ3v) is 4.38. The Morgan fingerprint density at radius 2 is 1.52 bits per heavy atom. The lowest BCUT2D eigenvalue weighted by Crippen LogP contribution is -2.51. The zero-order valence-electron chi connectivity index (χ0n) is 16.2. The minimum Gasteiger partial charge on any atom is -0.491 e. The normalized spacial score (nSPS) is 15.9. The van der Waals surface area contributed by atoms with Crippen LogP contribution in [0.2, 0.25) is 0 Å². The number of hydrogen-bond donors (Lipinski definition) is 0. The van der Waals surface area contributed by atoms with Crippen LogP contribution in [0.3, 0.4) is 0 Å². The van der Waals surface area contributed by atoms with Crippen LogP contribution in [0, 0.1) is 0 Å². The van der Waals surface area contributed by atoms with Crippen LogP contribution in [0.5, 0.6) is 0 Å². The highest BCUT2D eigenvalue weighted by molar-refractivity contribution is 5.69. The van der Waals surface area contributed by atoms with Gasteiger partial charge in [0.05, 0.1) is 6.54 Å². The van der Waals surface area contributed by atoms with Crippen molar-refractivity contribution >= 4 is 6.09 Å². The van der Waals surface area contributed by atoms with E-state index >= 15 is 0 Å². The molecule has 1 heterocycles. The fourth-order valence-electron chi connectivity index (χ4n) is 3.29. The summed E-state index contributed by atoms with van der Waals surface area (Å²) >= 11 is 0. The van der Waals surface area contributed by atoms with E-state index in [1.807, 2.05) is 57.2 Å². The Balaban J connectivity index is 1.85. The van der Waals surface area contributed by atoms with Crippen LogP contribution in [-0.2, 0) is 22.3 Å². The van der Waals surface area contributed by atoms with Gasteiger partial charge in [0, 0.05) is 19.0 Å². The molecule has 0 bridgehead atoms. The van der Waals surface area contributed by atoms with Gasteiger partial charge in [0.15, 0.2) is 0 Å². The van der Waals surface area contributed by atoms with Gasteiger partial charge in [-0.2, -0.15) is 0 Å². The minimum atomic E-state index is -0.547. The second kappa shape index (κ2) is 7.87. The fourth-order valence-corrected chi connectivity index (χ4v) is 3.29. The van der Waals surface area contributed by atoms with Crippen LogP contribution in [0.25, 0.3) is 0 Å². The van der Waals surface area contributed by atoms with Crippen LogP contribution in [0.1, 0.15) is 31.9 Å². The molecule has 4 heteroatoms. The Labute approximate surface area is 161 Å². The van der Waals surface area contributed by atoms with Gasteiger partial charge >= 0.3 is 6.09 Å². The van der Waals surface area contributed by atoms with E-state index in [9.17, 15) is 4.79 Å². The monoisotopic (exact) mass is 365 g/mol. The zero-order valence-corrected chi connectivity index (χ0v) is 16.2. The number of carbonyl (C=O) groups is 1. The van der Waals surface area contributed by atoms with Gasteiger partial charge in [-0.25, -0.2) is 4.79 Å². The molecule has 1 aliphatic heterocycles. The molecule has 0 unspecified atom stereocenters. The second-order valence-corrected chi connectivity index (χ2v) is 8.02. The highest BCUT2D eigenvalue weighted by Gasteiger charge is 2.38. The molecule has 2 aromatic rings. The standard InChI is InChI=1S/C23H27NO3/c1-22(2,3)27-21(25)24-14-15-26-23(18-24,16-19-10-6-4-7-11-19)17-20-12-8-5-9-13-20/h4-15H,16-18H2,1-3H3. The molecule has 3 rings (SSSR count). The van der Waals surface area contributed by atoms with Crippen molar-refractivity contribution in [3.63, 3.8) is 0 Å². The molecule has 0 fully saturated rings. The first-order valence-electron chi connectivity index (χ1n) is 9.27. The van der Waals surface area contributed by atoms with Crippen molar-refractivity contribution in [2.24, 2.45) is 0 Å². The molecular weight excluding hydrogens is 338 g/mol. The van der Waals surface area contributed by atoms with E-state index in [1.165, 1.54) is 11.1 Å². The molecule has 0 aromatic heterocycles. The average Bonchev–Trinajstić information content (AvgIpc) is 2.62. The Morgan fingerprint density at radius 3 is 2.00 bits per heavy atom. The third-order valence-electron chi connectivity index (χ3n) is 4.38. The van der Waals surface area contributed by atoms with Crippen LogP contribution in [0.4, 0.5) is 4.79 Å². The van der Waals surface area contributed by atoms with Crippen molar-refractivity contribution in [1.82, 2.24) is 4.90 Å². The molecule has 4 nitrogen and oxygen atoms in total. The summed E-state index contributed by atoms with van der Waals surface area (Å²) in [6.45, 7) is 6.05. The fraction of sp³-hybridized carbons (Fsp3) is 0.348. The summed E-state index contributed by atoms with van der Waals surface area (Å²) in [5.74, 6) is 0. The first-order chi connectivity index (χ1) is 12.9. The maximum Gasteiger partial charge on any atom is 0.414 e. The molecule has 142 valence electrons. The molecule has 0 spiro atoms. The number of hydrogen-bond acceptors (Lipinski definition) is 3. The molecule has 0 saturated heterocycles. The molecular formula is C23H27NO3. The van der Waals surface area contributed by atoms with E-state index in [4.69, 9.17) is 9.47 Å². The smallest absolute Gasteiger partial charge is 0.414 e. The Bertz CT molecular complexity index is 737. The second-order valence-electron chi connectivity index (χ2n) is 8.02. The van der Waals surface area contributed by atoms with Gasteiger partial charge in [-0.05, 0) is 31.9 Å². The number of benzene rings is 2. The molecule has 0 saturated carbocycles. The molecule has 1 amide bonds. The van der Waals surface area contributed by atoms with Crippen molar-refractivity contribution in [3.05, 3.63) is 84.3 Å². The maximum atomic E-state index is 12.6. The topological polar surface area (TPSA) is 38.8 Å². The van der Waals surface area contributed by atoms with Gasteiger partial charge in [0.1, 0.15) is 17.5 Å². The maximum absolute atomic E-state index is 12.6. The van der Waals surface area contributed by atoms with Crippen molar-refractivity contribution in [2.45, 2.75) is 44.8 Å². The first-order valence-corrected chi connectivity index (χ1v) is 9.27. The summed E-state index contributed by atoms with van der Waals surface area (Å²) in [4.78, 5) is 14.2.